The fourth-order valence-electron chi connectivity index (χ4n) is 11.9. The van der Waals surface area contributed by atoms with Crippen LogP contribution in [0.1, 0.15) is 86.5 Å². The number of fused-ring (bicyclic) bond motifs is 6. The first-order chi connectivity index (χ1) is 40.6. The van der Waals surface area contributed by atoms with Crippen molar-refractivity contribution in [3.8, 4) is 56.6 Å². The maximum atomic E-state index is 14.4. The number of hydrogen-bond acceptors (Lipinski definition) is 16. The van der Waals surface area contributed by atoms with Gasteiger partial charge in [-0.3, -0.25) is 19.4 Å². The molecular formula is C60H64N10O14. The number of carbonyl (C=O) groups excluding carboxylic acids is 6. The summed E-state index contributed by atoms with van der Waals surface area (Å²) in [6.07, 6.45) is 0.0200. The zero-order valence-corrected chi connectivity index (χ0v) is 47.2. The maximum absolute atomic E-state index is 14.4. The molecule has 4 aromatic carbocycles. The average molecular weight is 1150 g/mol. The maximum Gasteiger partial charge on any atom is 0.410 e. The van der Waals surface area contributed by atoms with Gasteiger partial charge in [0.15, 0.2) is 23.0 Å². The van der Waals surface area contributed by atoms with Crippen molar-refractivity contribution < 1.29 is 66.7 Å². The molecule has 2 unspecified atom stereocenters. The minimum Gasteiger partial charge on any atom is -0.454 e. The molecule has 6 aliphatic heterocycles. The lowest BCUT2D eigenvalue weighted by atomic mass is 10.0. The van der Waals surface area contributed by atoms with Gasteiger partial charge in [0.1, 0.15) is 35.9 Å². The lowest BCUT2D eigenvalue weighted by Crippen LogP contribution is -2.51. The van der Waals surface area contributed by atoms with Gasteiger partial charge in [0.05, 0.1) is 76.3 Å². The fourth-order valence-corrected chi connectivity index (χ4v) is 11.9. The van der Waals surface area contributed by atoms with Crippen molar-refractivity contribution in [2.75, 3.05) is 40.9 Å². The summed E-state index contributed by atoms with van der Waals surface area (Å²) in [6, 6.07) is 20.3. The quantitative estimate of drug-likeness (QED) is 0.0799. The SMILES string of the molecule is COC(=O)N[C@H](C(=O)N1C[C@H](OC(=O)N2Cc3ccc4c(c3C2)OCO4)CC1c1ncc(-c2ccc(-c3ccc(-c4cnc(C5C[C@@H](OC(=O)N6Cc7ccc8c(c7C6)OCO8)CN5C(=O)[C@@H](NC(=O)OC)C(C)C)[nH]4)cc3)cc2)[nH]1)C(C)C. The number of hydrogen-bond donors (Lipinski definition) is 4. The number of H-pyrrole nitrogens is 2. The molecule has 24 nitrogen and oxygen atoms in total. The molecule has 0 spiro atoms. The summed E-state index contributed by atoms with van der Waals surface area (Å²) in [7, 11) is 2.48. The largest absolute Gasteiger partial charge is 0.454 e. The number of benzene rings is 4. The highest BCUT2D eigenvalue weighted by atomic mass is 16.7. The minimum atomic E-state index is -0.927. The predicted molar refractivity (Wildman–Crippen MR) is 298 cm³/mol. The zero-order valence-electron chi connectivity index (χ0n) is 47.2. The number of alkyl carbamates (subject to hydrolysis) is 2. The van der Waals surface area contributed by atoms with Gasteiger partial charge in [-0.25, -0.2) is 29.1 Å². The van der Waals surface area contributed by atoms with Crippen LogP contribution in [0, 0.1) is 11.8 Å². The number of amides is 6. The number of nitrogens with zero attached hydrogens (tertiary/aromatic N) is 6. The van der Waals surface area contributed by atoms with E-state index < -0.39 is 60.7 Å². The van der Waals surface area contributed by atoms with Crippen molar-refractivity contribution in [1.29, 1.82) is 0 Å². The van der Waals surface area contributed by atoms with Crippen LogP contribution in [-0.4, -0.2) is 141 Å². The van der Waals surface area contributed by atoms with Crippen LogP contribution in [0.5, 0.6) is 23.0 Å². The summed E-state index contributed by atoms with van der Waals surface area (Å²) >= 11 is 0. The third-order valence-corrected chi connectivity index (χ3v) is 16.4. The molecule has 2 fully saturated rings. The lowest BCUT2D eigenvalue weighted by Gasteiger charge is -2.29. The number of imidazole rings is 2. The number of likely N-dealkylation sites (tertiary alicyclic amines) is 2. The molecular weight excluding hydrogens is 1080 g/mol. The molecule has 6 aromatic rings. The van der Waals surface area contributed by atoms with Crippen molar-refractivity contribution in [3.05, 3.63) is 119 Å². The first-order valence-corrected chi connectivity index (χ1v) is 27.9. The topological polar surface area (TPSA) is 271 Å². The molecule has 8 heterocycles. The molecule has 4 N–H and O–H groups in total. The molecule has 2 saturated heterocycles. The van der Waals surface area contributed by atoms with Gasteiger partial charge in [0, 0.05) is 37.1 Å². The third-order valence-electron chi connectivity index (χ3n) is 16.4. The summed E-state index contributed by atoms with van der Waals surface area (Å²) in [5.74, 6) is 2.20. The van der Waals surface area contributed by atoms with Crippen LogP contribution in [0.15, 0.2) is 85.2 Å². The molecule has 0 radical (unpaired) electrons. The summed E-state index contributed by atoms with van der Waals surface area (Å²) in [5, 5.41) is 5.37. The highest BCUT2D eigenvalue weighted by Gasteiger charge is 2.46. The van der Waals surface area contributed by atoms with Crippen molar-refractivity contribution >= 4 is 36.2 Å². The van der Waals surface area contributed by atoms with E-state index in [-0.39, 0.29) is 76.3 Å². The van der Waals surface area contributed by atoms with Gasteiger partial charge in [-0.1, -0.05) is 88.4 Å². The molecule has 0 bridgehead atoms. The van der Waals surface area contributed by atoms with Gasteiger partial charge in [0.25, 0.3) is 0 Å². The van der Waals surface area contributed by atoms with E-state index in [0.29, 0.717) is 59.1 Å². The van der Waals surface area contributed by atoms with E-state index in [1.807, 2.05) is 100 Å². The Hall–Kier alpha value is -9.48. The molecule has 0 aliphatic carbocycles. The van der Waals surface area contributed by atoms with E-state index in [2.05, 4.69) is 20.6 Å². The number of rotatable bonds is 13. The van der Waals surface area contributed by atoms with E-state index >= 15 is 0 Å². The fraction of sp³-hybridized carbons (Fsp3) is 0.400. The normalized spacial score (nSPS) is 19.8. The van der Waals surface area contributed by atoms with E-state index in [0.717, 1.165) is 44.5 Å². The number of aromatic nitrogens is 4. The third kappa shape index (κ3) is 10.7. The van der Waals surface area contributed by atoms with Gasteiger partial charge in [0.2, 0.25) is 25.4 Å². The number of aromatic amines is 2. The molecule has 438 valence electrons. The van der Waals surface area contributed by atoms with Crippen molar-refractivity contribution in [2.45, 2.75) is 103 Å². The molecule has 84 heavy (non-hydrogen) atoms. The van der Waals surface area contributed by atoms with Crippen LogP contribution in [0.3, 0.4) is 0 Å². The van der Waals surface area contributed by atoms with Crippen molar-refractivity contribution in [2.24, 2.45) is 11.8 Å². The first-order valence-electron chi connectivity index (χ1n) is 27.9. The minimum absolute atomic E-state index is 0.0698. The average Bonchev–Trinajstić information content (AvgIpc) is 4.48. The Balaban J connectivity index is 0.724. The molecule has 6 aliphatic rings. The second kappa shape index (κ2) is 22.7. The Labute approximate surface area is 483 Å². The molecule has 12 rings (SSSR count). The van der Waals surface area contributed by atoms with Gasteiger partial charge in [-0.05, 0) is 57.3 Å². The molecule has 0 saturated carbocycles. The summed E-state index contributed by atoms with van der Waals surface area (Å²) < 4.78 is 44.5. The van der Waals surface area contributed by atoms with Gasteiger partial charge in [-0.2, -0.15) is 0 Å². The van der Waals surface area contributed by atoms with Crippen molar-refractivity contribution in [1.82, 2.24) is 50.2 Å². The van der Waals surface area contributed by atoms with Crippen LogP contribution in [0.2, 0.25) is 0 Å². The van der Waals surface area contributed by atoms with Crippen LogP contribution in [0.25, 0.3) is 33.6 Å². The summed E-state index contributed by atoms with van der Waals surface area (Å²) in [5.41, 5.74) is 8.62. The number of methoxy groups -OCH3 is 2. The number of carbonyl (C=O) groups is 6. The smallest absolute Gasteiger partial charge is 0.410 e. The Morgan fingerprint density at radius 3 is 1.31 bits per heavy atom. The number of nitrogens with one attached hydrogen (secondary N) is 4. The second-order valence-corrected chi connectivity index (χ2v) is 22.3. The van der Waals surface area contributed by atoms with Gasteiger partial charge < -0.3 is 68.3 Å². The van der Waals surface area contributed by atoms with Crippen LogP contribution in [-0.2, 0) is 54.7 Å². The van der Waals surface area contributed by atoms with Gasteiger partial charge in [-0.15, -0.1) is 0 Å². The van der Waals surface area contributed by atoms with Crippen LogP contribution in [0.4, 0.5) is 19.2 Å². The standard InChI is InChI=1S/C60H64N10O14/c1-31(2)49(65-57(73)77-5)55(71)69-25-39(83-59(75)67-23-37-15-17-47-51(41(37)27-67)81-29-79-47)19-45(69)53-61-21-43(63-53)35-11-7-33(8-12-35)34-9-13-36(14-10-34)44-22-62-54(64-44)46-20-40(26-70(46)56(72)50(32(3)4)66-58(74)78-6)84-60(76)68-24-38-16-18-48-52(42(38)28-68)82-30-80-48/h7-18,21-22,31-32,39-40,45-46,49-50H,19-20,23-30H2,1-6H3,(H,61,63)(H,62,64)(H,65,73)(H,66,74)/t39-,40-,45?,46?,49+,50+/m1/s1. The molecule has 6 atom stereocenters. The van der Waals surface area contributed by atoms with Crippen LogP contribution < -0.4 is 29.6 Å². The predicted octanol–water partition coefficient (Wildman–Crippen LogP) is 7.94. The van der Waals surface area contributed by atoms with Crippen LogP contribution >= 0.6 is 0 Å². The lowest BCUT2D eigenvalue weighted by molar-refractivity contribution is -0.136. The van der Waals surface area contributed by atoms with E-state index in [4.69, 9.17) is 47.9 Å². The molecule has 6 amide bonds. The Bertz CT molecular complexity index is 3300. The number of ether oxygens (including phenoxy) is 8. The Kier molecular flexibility index (Phi) is 14.9. The first kappa shape index (κ1) is 55.1. The Morgan fingerprint density at radius 1 is 0.536 bits per heavy atom. The molecule has 2 aromatic heterocycles. The Morgan fingerprint density at radius 2 is 0.929 bits per heavy atom. The monoisotopic (exact) mass is 1150 g/mol. The summed E-state index contributed by atoms with van der Waals surface area (Å²) in [4.78, 5) is 104. The highest BCUT2D eigenvalue weighted by molar-refractivity contribution is 5.88. The highest BCUT2D eigenvalue weighted by Crippen LogP contribution is 2.44. The van der Waals surface area contributed by atoms with E-state index in [1.54, 1.807) is 32.0 Å². The summed E-state index contributed by atoms with van der Waals surface area (Å²) in [6.45, 7) is 8.94. The van der Waals surface area contributed by atoms with Crippen molar-refractivity contribution in [3.63, 3.8) is 0 Å². The van der Waals surface area contributed by atoms with E-state index in [1.165, 1.54) is 14.2 Å². The molecule has 24 heteroatoms. The second-order valence-electron chi connectivity index (χ2n) is 22.3. The van der Waals surface area contributed by atoms with Gasteiger partial charge >= 0.3 is 24.4 Å². The zero-order chi connectivity index (χ0) is 58.5. The van der Waals surface area contributed by atoms with E-state index in [9.17, 15) is 28.8 Å².